The third-order valence-electron chi connectivity index (χ3n) is 6.92. The summed E-state index contributed by atoms with van der Waals surface area (Å²) in [6.45, 7) is 8.35. The second-order valence-corrected chi connectivity index (χ2v) is 10.3. The van der Waals surface area contributed by atoms with E-state index >= 15 is 0 Å². The molecule has 2 aromatic carbocycles. The van der Waals surface area contributed by atoms with Crippen LogP contribution in [0.25, 0.3) is 22.5 Å². The molecule has 0 saturated heterocycles. The second-order valence-electron chi connectivity index (χ2n) is 10.3. The molecule has 0 radical (unpaired) electrons. The highest BCUT2D eigenvalue weighted by molar-refractivity contribution is 6.01. The summed E-state index contributed by atoms with van der Waals surface area (Å²) in [5.74, 6) is 0.374. The molecule has 3 aromatic rings. The van der Waals surface area contributed by atoms with Gasteiger partial charge in [-0.1, -0.05) is 87.7 Å². The van der Waals surface area contributed by atoms with E-state index in [9.17, 15) is 9.59 Å². The van der Waals surface area contributed by atoms with Gasteiger partial charge in [0.25, 0.3) is 0 Å². The zero-order valence-electron chi connectivity index (χ0n) is 22.4. The number of rotatable bonds is 11. The van der Waals surface area contributed by atoms with Crippen molar-refractivity contribution >= 4 is 17.5 Å². The summed E-state index contributed by atoms with van der Waals surface area (Å²) in [5.41, 5.74) is 5.60. The number of hydrogen-bond acceptors (Lipinski definition) is 4. The van der Waals surface area contributed by atoms with E-state index in [0.29, 0.717) is 19.0 Å². The summed E-state index contributed by atoms with van der Waals surface area (Å²) in [5, 5.41) is 12.1. The van der Waals surface area contributed by atoms with E-state index in [-0.39, 0.29) is 24.7 Å². The smallest absolute Gasteiger partial charge is 0.227 e. The lowest BCUT2D eigenvalue weighted by atomic mass is 9.95. The van der Waals surface area contributed by atoms with Gasteiger partial charge >= 0.3 is 0 Å². The summed E-state index contributed by atoms with van der Waals surface area (Å²) in [4.78, 5) is 27.7. The highest BCUT2D eigenvalue weighted by atomic mass is 16.2. The lowest BCUT2D eigenvalue weighted by Gasteiger charge is -2.28. The van der Waals surface area contributed by atoms with Crippen molar-refractivity contribution in [1.82, 2.24) is 20.3 Å². The number of para-hydroxylation sites is 1. The molecule has 1 N–H and O–H groups in total. The first kappa shape index (κ1) is 26.6. The Balaban J connectivity index is 1.63. The molecule has 2 heterocycles. The van der Waals surface area contributed by atoms with E-state index in [1.165, 1.54) is 12.8 Å². The standard InChI is InChI=1S/C30H39N5O2/c1-4-5-6-11-20-35-30-24-13-8-7-12-23(24)21-34(26-15-10-9-14-25(26)29(30)32-33-35)28(37)17-16-27(36)31-19-18-22(2)3/h7-10,12-15,22H,4-6,11,16-21H2,1-3H3,(H,31,36). The summed E-state index contributed by atoms with van der Waals surface area (Å²) in [6.07, 6.45) is 5.88. The molecule has 0 unspecified atom stereocenters. The van der Waals surface area contributed by atoms with Crippen molar-refractivity contribution in [3.8, 4) is 22.5 Å². The quantitative estimate of drug-likeness (QED) is 0.328. The van der Waals surface area contributed by atoms with Crippen molar-refractivity contribution in [3.63, 3.8) is 0 Å². The molecule has 0 bridgehead atoms. The second kappa shape index (κ2) is 12.7. The van der Waals surface area contributed by atoms with Crippen LogP contribution in [0.15, 0.2) is 48.5 Å². The Morgan fingerprint density at radius 3 is 2.51 bits per heavy atom. The van der Waals surface area contributed by atoms with Crippen molar-refractivity contribution in [3.05, 3.63) is 54.1 Å². The first-order valence-corrected chi connectivity index (χ1v) is 13.7. The van der Waals surface area contributed by atoms with Crippen molar-refractivity contribution in [1.29, 1.82) is 0 Å². The zero-order valence-corrected chi connectivity index (χ0v) is 22.4. The van der Waals surface area contributed by atoms with Crippen molar-refractivity contribution in [2.24, 2.45) is 5.92 Å². The van der Waals surface area contributed by atoms with Crippen molar-refractivity contribution in [2.75, 3.05) is 11.4 Å². The van der Waals surface area contributed by atoms with Gasteiger partial charge in [0.05, 0.1) is 17.9 Å². The molecule has 196 valence electrons. The maximum Gasteiger partial charge on any atom is 0.227 e. The molecule has 0 spiro atoms. The van der Waals surface area contributed by atoms with Crippen LogP contribution in [-0.2, 0) is 22.7 Å². The number of aryl methyl sites for hydroxylation is 1. The van der Waals surface area contributed by atoms with E-state index in [4.69, 9.17) is 0 Å². The van der Waals surface area contributed by atoms with E-state index in [2.05, 4.69) is 48.5 Å². The molecule has 7 nitrogen and oxygen atoms in total. The fraction of sp³-hybridized carbons (Fsp3) is 0.467. The first-order valence-electron chi connectivity index (χ1n) is 13.7. The molecule has 37 heavy (non-hydrogen) atoms. The normalized spacial score (nSPS) is 12.4. The zero-order chi connectivity index (χ0) is 26.2. The molecule has 1 aromatic heterocycles. The number of nitrogens with zero attached hydrogens (tertiary/aromatic N) is 4. The van der Waals surface area contributed by atoms with E-state index < -0.39 is 0 Å². The Morgan fingerprint density at radius 2 is 1.73 bits per heavy atom. The van der Waals surface area contributed by atoms with Crippen LogP contribution in [0, 0.1) is 5.92 Å². The molecule has 1 aliphatic heterocycles. The third kappa shape index (κ3) is 6.45. The van der Waals surface area contributed by atoms with E-state index in [1.807, 2.05) is 41.1 Å². The van der Waals surface area contributed by atoms with Gasteiger partial charge in [0.15, 0.2) is 0 Å². The van der Waals surface area contributed by atoms with Crippen molar-refractivity contribution < 1.29 is 9.59 Å². The number of fused-ring (bicyclic) bond motifs is 5. The van der Waals surface area contributed by atoms with Crippen LogP contribution in [0.5, 0.6) is 0 Å². The Labute approximate surface area is 220 Å². The predicted molar refractivity (Wildman–Crippen MR) is 148 cm³/mol. The number of hydrogen-bond donors (Lipinski definition) is 1. The van der Waals surface area contributed by atoms with E-state index in [1.54, 1.807) is 4.90 Å². The number of nitrogens with one attached hydrogen (secondary N) is 1. The highest BCUT2D eigenvalue weighted by Crippen LogP contribution is 2.41. The van der Waals surface area contributed by atoms with E-state index in [0.717, 1.165) is 59.6 Å². The van der Waals surface area contributed by atoms with Crippen molar-refractivity contribution in [2.45, 2.75) is 78.8 Å². The van der Waals surface area contributed by atoms with Crippen LogP contribution < -0.4 is 10.2 Å². The van der Waals surface area contributed by atoms with Crippen LogP contribution in [-0.4, -0.2) is 33.4 Å². The molecule has 0 aliphatic carbocycles. The SMILES string of the molecule is CCCCCCn1nnc2c1-c1ccccc1CN(C(=O)CCC(=O)NCCC(C)C)c1ccccc1-2. The number of aromatic nitrogens is 3. The predicted octanol–water partition coefficient (Wildman–Crippen LogP) is 5.98. The third-order valence-corrected chi connectivity index (χ3v) is 6.92. The first-order chi connectivity index (χ1) is 18.0. The van der Waals surface area contributed by atoms with Gasteiger partial charge in [0, 0.05) is 37.1 Å². The van der Waals surface area contributed by atoms with Crippen LogP contribution >= 0.6 is 0 Å². The summed E-state index contributed by atoms with van der Waals surface area (Å²) in [6, 6.07) is 16.1. The maximum absolute atomic E-state index is 13.5. The average molecular weight is 502 g/mol. The minimum absolute atomic E-state index is 0.0725. The summed E-state index contributed by atoms with van der Waals surface area (Å²) < 4.78 is 2.03. The molecule has 2 amide bonds. The summed E-state index contributed by atoms with van der Waals surface area (Å²) in [7, 11) is 0. The minimum Gasteiger partial charge on any atom is -0.356 e. The van der Waals surface area contributed by atoms with Gasteiger partial charge in [-0.05, 0) is 30.4 Å². The monoisotopic (exact) mass is 501 g/mol. The Morgan fingerprint density at radius 1 is 0.973 bits per heavy atom. The van der Waals surface area contributed by atoms with Gasteiger partial charge in [-0.3, -0.25) is 9.59 Å². The molecule has 1 aliphatic rings. The number of carbonyl (C=O) groups is 2. The Bertz CT molecular complexity index is 1220. The van der Waals surface area contributed by atoms with Crippen LogP contribution in [0.4, 0.5) is 5.69 Å². The molecule has 4 rings (SSSR count). The lowest BCUT2D eigenvalue weighted by Crippen LogP contribution is -2.33. The van der Waals surface area contributed by atoms with Gasteiger partial charge in [0.1, 0.15) is 5.69 Å². The fourth-order valence-corrected chi connectivity index (χ4v) is 4.83. The van der Waals surface area contributed by atoms with Gasteiger partial charge in [-0.25, -0.2) is 4.68 Å². The van der Waals surface area contributed by atoms with Gasteiger partial charge in [-0.2, -0.15) is 0 Å². The van der Waals surface area contributed by atoms with Crippen LogP contribution in [0.3, 0.4) is 0 Å². The largest absolute Gasteiger partial charge is 0.356 e. The Kier molecular flexibility index (Phi) is 9.09. The fourth-order valence-electron chi connectivity index (χ4n) is 4.83. The number of amides is 2. The van der Waals surface area contributed by atoms with Gasteiger partial charge in [-0.15, -0.1) is 5.10 Å². The molecule has 0 saturated carbocycles. The topological polar surface area (TPSA) is 80.1 Å². The average Bonchev–Trinajstić information content (AvgIpc) is 3.30. The Hall–Kier alpha value is -3.48. The number of anilines is 1. The van der Waals surface area contributed by atoms with Crippen LogP contribution in [0.1, 0.15) is 71.3 Å². The van der Waals surface area contributed by atoms with Gasteiger partial charge < -0.3 is 10.2 Å². The molecule has 0 atom stereocenters. The number of benzene rings is 2. The summed E-state index contributed by atoms with van der Waals surface area (Å²) >= 11 is 0. The molecule has 7 heteroatoms. The molecular formula is C30H39N5O2. The van der Waals surface area contributed by atoms with Gasteiger partial charge in [0.2, 0.25) is 11.8 Å². The number of unbranched alkanes of at least 4 members (excludes halogenated alkanes) is 3. The number of carbonyl (C=O) groups excluding carboxylic acids is 2. The highest BCUT2D eigenvalue weighted by Gasteiger charge is 2.29. The minimum atomic E-state index is -0.0805. The molecule has 0 fully saturated rings. The van der Waals surface area contributed by atoms with Crippen LogP contribution in [0.2, 0.25) is 0 Å². The molecular weight excluding hydrogens is 462 g/mol. The lowest BCUT2D eigenvalue weighted by molar-refractivity contribution is -0.125. The maximum atomic E-state index is 13.5.